The van der Waals surface area contributed by atoms with Crippen LogP contribution in [0.2, 0.25) is 0 Å². The third-order valence-electron chi connectivity index (χ3n) is 2.51. The maximum Gasteiger partial charge on any atom is 0.0751 e. The molecular weight excluding hydrogens is 142 g/mol. The van der Waals surface area contributed by atoms with Crippen LogP contribution in [-0.2, 0) is 4.74 Å². The van der Waals surface area contributed by atoms with E-state index in [1.807, 2.05) is 13.8 Å². The first-order valence-electron chi connectivity index (χ1n) is 4.22. The molecule has 2 atom stereocenters. The minimum Gasteiger partial charge on any atom is -0.394 e. The average molecular weight is 159 g/mol. The number of aliphatic hydroxyl groups excluding tert-OH is 1. The van der Waals surface area contributed by atoms with Crippen LogP contribution in [0.5, 0.6) is 0 Å². The summed E-state index contributed by atoms with van der Waals surface area (Å²) in [5, 5.41) is 12.5. The molecule has 0 aromatic heterocycles. The fourth-order valence-corrected chi connectivity index (χ4v) is 1.63. The maximum atomic E-state index is 9.18. The summed E-state index contributed by atoms with van der Waals surface area (Å²) in [4.78, 5) is 0. The second-order valence-corrected chi connectivity index (χ2v) is 3.11. The minimum atomic E-state index is -0.172. The van der Waals surface area contributed by atoms with E-state index in [9.17, 15) is 5.11 Å². The summed E-state index contributed by atoms with van der Waals surface area (Å²) in [6.07, 6.45) is 1.05. The highest BCUT2D eigenvalue weighted by atomic mass is 16.5. The van der Waals surface area contributed by atoms with E-state index in [0.29, 0.717) is 0 Å². The Hall–Kier alpha value is -0.120. The van der Waals surface area contributed by atoms with Crippen LogP contribution >= 0.6 is 0 Å². The van der Waals surface area contributed by atoms with Gasteiger partial charge in [-0.2, -0.15) is 0 Å². The van der Waals surface area contributed by atoms with Crippen molar-refractivity contribution in [3.8, 4) is 0 Å². The van der Waals surface area contributed by atoms with Gasteiger partial charge < -0.3 is 15.2 Å². The van der Waals surface area contributed by atoms with Crippen LogP contribution in [-0.4, -0.2) is 36.5 Å². The van der Waals surface area contributed by atoms with Crippen molar-refractivity contribution in [2.45, 2.75) is 31.9 Å². The fraction of sp³-hybridized carbons (Fsp3) is 1.00. The van der Waals surface area contributed by atoms with Gasteiger partial charge in [0.2, 0.25) is 0 Å². The molecule has 11 heavy (non-hydrogen) atoms. The van der Waals surface area contributed by atoms with Gasteiger partial charge in [0.05, 0.1) is 18.2 Å². The molecule has 1 fully saturated rings. The van der Waals surface area contributed by atoms with Gasteiger partial charge in [-0.3, -0.25) is 0 Å². The van der Waals surface area contributed by atoms with Gasteiger partial charge in [-0.15, -0.1) is 0 Å². The van der Waals surface area contributed by atoms with Gasteiger partial charge in [0.1, 0.15) is 0 Å². The molecule has 0 amide bonds. The summed E-state index contributed by atoms with van der Waals surface area (Å²) in [5.74, 6) is 0. The normalized spacial score (nSPS) is 37.9. The summed E-state index contributed by atoms with van der Waals surface area (Å²) in [5.41, 5.74) is -0.172. The van der Waals surface area contributed by atoms with E-state index in [0.717, 1.165) is 19.6 Å². The topological polar surface area (TPSA) is 41.5 Å². The standard InChI is InChI=1S/C8H17NO2/c1-3-9-8(6-10)4-5-11-7(8)2/h7,9-10H,3-6H2,1-2H3. The van der Waals surface area contributed by atoms with Crippen LogP contribution in [0, 0.1) is 0 Å². The Morgan fingerprint density at radius 1 is 1.73 bits per heavy atom. The third-order valence-corrected chi connectivity index (χ3v) is 2.51. The molecule has 0 saturated carbocycles. The second-order valence-electron chi connectivity index (χ2n) is 3.11. The SMILES string of the molecule is CCNC1(CO)CCOC1C. The molecule has 0 aromatic carbocycles. The molecule has 1 aliphatic rings. The lowest BCUT2D eigenvalue weighted by atomic mass is 9.93. The second kappa shape index (κ2) is 3.52. The number of aliphatic hydroxyl groups is 1. The first-order chi connectivity index (χ1) is 5.25. The molecule has 0 bridgehead atoms. The minimum absolute atomic E-state index is 0.132. The van der Waals surface area contributed by atoms with E-state index >= 15 is 0 Å². The molecule has 1 heterocycles. The number of hydrogen-bond donors (Lipinski definition) is 2. The highest BCUT2D eigenvalue weighted by Crippen LogP contribution is 2.24. The maximum absolute atomic E-state index is 9.18. The van der Waals surface area contributed by atoms with Crippen LogP contribution in [0.3, 0.4) is 0 Å². The van der Waals surface area contributed by atoms with E-state index in [4.69, 9.17) is 4.74 Å². The molecule has 3 nitrogen and oxygen atoms in total. The Morgan fingerprint density at radius 3 is 2.82 bits per heavy atom. The molecule has 1 saturated heterocycles. The van der Waals surface area contributed by atoms with E-state index in [1.165, 1.54) is 0 Å². The number of rotatable bonds is 3. The Kier molecular flexibility index (Phi) is 2.87. The molecule has 66 valence electrons. The zero-order chi connectivity index (χ0) is 8.32. The largest absolute Gasteiger partial charge is 0.394 e. The van der Waals surface area contributed by atoms with E-state index in [2.05, 4.69) is 5.32 Å². The monoisotopic (exact) mass is 159 g/mol. The van der Waals surface area contributed by atoms with Crippen molar-refractivity contribution in [3.63, 3.8) is 0 Å². The first-order valence-corrected chi connectivity index (χ1v) is 4.22. The molecule has 0 aromatic rings. The van der Waals surface area contributed by atoms with Gasteiger partial charge in [-0.1, -0.05) is 6.92 Å². The van der Waals surface area contributed by atoms with Crippen LogP contribution < -0.4 is 5.32 Å². The summed E-state index contributed by atoms with van der Waals surface area (Å²) in [7, 11) is 0. The zero-order valence-corrected chi connectivity index (χ0v) is 7.26. The lowest BCUT2D eigenvalue weighted by Gasteiger charge is -2.30. The first kappa shape index (κ1) is 8.97. The van der Waals surface area contributed by atoms with Gasteiger partial charge >= 0.3 is 0 Å². The molecule has 3 heteroatoms. The van der Waals surface area contributed by atoms with Crippen LogP contribution in [0.15, 0.2) is 0 Å². The van der Waals surface area contributed by atoms with Gasteiger partial charge in [-0.05, 0) is 19.9 Å². The Balaban J connectivity index is 2.57. The van der Waals surface area contributed by atoms with Gasteiger partial charge in [-0.25, -0.2) is 0 Å². The molecule has 0 aliphatic carbocycles. The molecule has 1 rings (SSSR count). The predicted molar refractivity (Wildman–Crippen MR) is 43.5 cm³/mol. The van der Waals surface area contributed by atoms with Crippen molar-refractivity contribution >= 4 is 0 Å². The zero-order valence-electron chi connectivity index (χ0n) is 7.26. The van der Waals surface area contributed by atoms with Crippen molar-refractivity contribution in [2.24, 2.45) is 0 Å². The van der Waals surface area contributed by atoms with Gasteiger partial charge in [0.25, 0.3) is 0 Å². The molecule has 1 aliphatic heterocycles. The summed E-state index contributed by atoms with van der Waals surface area (Å²) in [6, 6.07) is 0. The Labute approximate surface area is 67.7 Å². The molecule has 0 radical (unpaired) electrons. The van der Waals surface area contributed by atoms with Crippen molar-refractivity contribution in [3.05, 3.63) is 0 Å². The van der Waals surface area contributed by atoms with Crippen LogP contribution in [0.4, 0.5) is 0 Å². The average Bonchev–Trinajstić information content (AvgIpc) is 2.35. The fourth-order valence-electron chi connectivity index (χ4n) is 1.63. The summed E-state index contributed by atoms with van der Waals surface area (Å²) >= 11 is 0. The van der Waals surface area contributed by atoms with Crippen molar-refractivity contribution in [1.82, 2.24) is 5.32 Å². The quantitative estimate of drug-likeness (QED) is 0.615. The van der Waals surface area contributed by atoms with Gasteiger partial charge in [0.15, 0.2) is 0 Å². The Morgan fingerprint density at radius 2 is 2.45 bits per heavy atom. The van der Waals surface area contributed by atoms with E-state index in [-0.39, 0.29) is 18.2 Å². The number of ether oxygens (including phenoxy) is 1. The van der Waals surface area contributed by atoms with E-state index in [1.54, 1.807) is 0 Å². The third kappa shape index (κ3) is 1.55. The number of hydrogen-bond acceptors (Lipinski definition) is 3. The summed E-state index contributed by atoms with van der Waals surface area (Å²) < 4.78 is 5.39. The molecule has 2 N–H and O–H groups in total. The summed E-state index contributed by atoms with van der Waals surface area (Å²) in [6.45, 7) is 5.86. The van der Waals surface area contributed by atoms with Crippen molar-refractivity contribution in [1.29, 1.82) is 0 Å². The lowest BCUT2D eigenvalue weighted by Crippen LogP contribution is -2.53. The lowest BCUT2D eigenvalue weighted by molar-refractivity contribution is 0.0547. The highest BCUT2D eigenvalue weighted by Gasteiger charge is 2.39. The smallest absolute Gasteiger partial charge is 0.0751 e. The molecule has 2 unspecified atom stereocenters. The molecular formula is C8H17NO2. The molecule has 0 spiro atoms. The predicted octanol–water partition coefficient (Wildman–Crippen LogP) is 0.136. The van der Waals surface area contributed by atoms with Crippen molar-refractivity contribution in [2.75, 3.05) is 19.8 Å². The van der Waals surface area contributed by atoms with Crippen molar-refractivity contribution < 1.29 is 9.84 Å². The van der Waals surface area contributed by atoms with E-state index < -0.39 is 0 Å². The van der Waals surface area contributed by atoms with Gasteiger partial charge in [0, 0.05) is 6.61 Å². The number of nitrogens with one attached hydrogen (secondary N) is 1. The highest BCUT2D eigenvalue weighted by molar-refractivity contribution is 4.96. The van der Waals surface area contributed by atoms with Crippen LogP contribution in [0.1, 0.15) is 20.3 Å². The van der Waals surface area contributed by atoms with Crippen LogP contribution in [0.25, 0.3) is 0 Å². The Bertz CT molecular complexity index is 129. The number of likely N-dealkylation sites (N-methyl/N-ethyl adjacent to an activating group) is 1.